The summed E-state index contributed by atoms with van der Waals surface area (Å²) in [5.74, 6) is 0.348. The van der Waals surface area contributed by atoms with E-state index < -0.39 is 10.0 Å². The first kappa shape index (κ1) is 19.9. The molecule has 0 aromatic heterocycles. The van der Waals surface area contributed by atoms with Crippen molar-refractivity contribution in [3.8, 4) is 0 Å². The van der Waals surface area contributed by atoms with Gasteiger partial charge in [0.1, 0.15) is 10.7 Å². The van der Waals surface area contributed by atoms with Gasteiger partial charge in [0.05, 0.1) is 5.69 Å². The van der Waals surface area contributed by atoms with Crippen molar-refractivity contribution in [2.75, 3.05) is 18.5 Å². The molecule has 0 aliphatic carbocycles. The van der Waals surface area contributed by atoms with E-state index in [-0.39, 0.29) is 10.8 Å². The summed E-state index contributed by atoms with van der Waals surface area (Å²) in [6, 6.07) is 12.2. The van der Waals surface area contributed by atoms with Crippen molar-refractivity contribution in [2.24, 2.45) is 4.40 Å². The Labute approximate surface area is 175 Å². The lowest BCUT2D eigenvalue weighted by Crippen LogP contribution is -2.35. The second kappa shape index (κ2) is 7.80. The number of fused-ring (bicyclic) bond motifs is 3. The zero-order valence-electron chi connectivity index (χ0n) is 16.1. The van der Waals surface area contributed by atoms with E-state index in [9.17, 15) is 13.2 Å². The molecule has 6 nitrogen and oxygen atoms in total. The molecule has 0 radical (unpaired) electrons. The Balaban J connectivity index is 1.64. The van der Waals surface area contributed by atoms with E-state index >= 15 is 0 Å². The highest BCUT2D eigenvalue weighted by molar-refractivity contribution is 7.90. The lowest BCUT2D eigenvalue weighted by molar-refractivity contribution is 0.0785. The molecule has 1 amide bonds. The van der Waals surface area contributed by atoms with Crippen molar-refractivity contribution < 1.29 is 13.2 Å². The Hall–Kier alpha value is -2.38. The van der Waals surface area contributed by atoms with Crippen LogP contribution in [0.5, 0.6) is 0 Å². The third-order valence-corrected chi connectivity index (χ3v) is 6.82. The van der Waals surface area contributed by atoms with Crippen LogP contribution in [0.3, 0.4) is 0 Å². The molecule has 2 aliphatic rings. The Bertz CT molecular complexity index is 1100. The molecule has 152 valence electrons. The minimum absolute atomic E-state index is 0.102. The second-order valence-corrected chi connectivity index (χ2v) is 9.43. The van der Waals surface area contributed by atoms with E-state index in [2.05, 4.69) is 4.40 Å². The Kier molecular flexibility index (Phi) is 5.36. The number of nitrogens with zero attached hydrogens (tertiary/aromatic N) is 3. The topological polar surface area (TPSA) is 70.0 Å². The molecule has 8 heteroatoms. The zero-order valence-corrected chi connectivity index (χ0v) is 17.7. The van der Waals surface area contributed by atoms with Crippen molar-refractivity contribution in [3.05, 3.63) is 58.6 Å². The summed E-state index contributed by atoms with van der Waals surface area (Å²) in [4.78, 5) is 16.5. The molecular weight excluding hydrogens is 410 g/mol. The maximum Gasteiger partial charge on any atom is 0.286 e. The SMILES string of the molecule is CN(Cc1cccc(Cl)c1)C(=O)c1ccc2c(c1)S(=O)(=O)N=C1CCCCCN12. The third kappa shape index (κ3) is 4.02. The van der Waals surface area contributed by atoms with Crippen LogP contribution in [-0.4, -0.2) is 38.7 Å². The number of hydrogen-bond acceptors (Lipinski definition) is 4. The predicted molar refractivity (Wildman–Crippen MR) is 114 cm³/mol. The highest BCUT2D eigenvalue weighted by Crippen LogP contribution is 2.35. The molecule has 0 atom stereocenters. The van der Waals surface area contributed by atoms with Crippen LogP contribution >= 0.6 is 11.6 Å². The van der Waals surface area contributed by atoms with Crippen LogP contribution in [0.4, 0.5) is 5.69 Å². The maximum absolute atomic E-state index is 12.9. The number of amides is 1. The molecular formula is C21H22ClN3O3S. The van der Waals surface area contributed by atoms with Crippen LogP contribution in [0.25, 0.3) is 0 Å². The van der Waals surface area contributed by atoms with Gasteiger partial charge in [0.15, 0.2) is 0 Å². The fraction of sp³-hybridized carbons (Fsp3) is 0.333. The third-order valence-electron chi connectivity index (χ3n) is 5.25. The van der Waals surface area contributed by atoms with Crippen molar-refractivity contribution >= 4 is 39.1 Å². The number of rotatable bonds is 3. The normalized spacial score (nSPS) is 17.6. The van der Waals surface area contributed by atoms with Crippen LogP contribution in [0.15, 0.2) is 51.8 Å². The first-order chi connectivity index (χ1) is 13.8. The van der Waals surface area contributed by atoms with Crippen LogP contribution in [-0.2, 0) is 16.6 Å². The molecule has 2 aromatic carbocycles. The van der Waals surface area contributed by atoms with Gasteiger partial charge < -0.3 is 9.80 Å². The summed E-state index contributed by atoms with van der Waals surface area (Å²) in [5, 5.41) is 0.606. The number of amidine groups is 1. The van der Waals surface area contributed by atoms with Gasteiger partial charge in [-0.1, -0.05) is 30.2 Å². The smallest absolute Gasteiger partial charge is 0.286 e. The molecule has 0 N–H and O–H groups in total. The van der Waals surface area contributed by atoms with Gasteiger partial charge in [-0.3, -0.25) is 4.79 Å². The zero-order chi connectivity index (χ0) is 20.6. The van der Waals surface area contributed by atoms with Crippen LogP contribution in [0, 0.1) is 0 Å². The highest BCUT2D eigenvalue weighted by atomic mass is 35.5. The van der Waals surface area contributed by atoms with E-state index in [1.807, 2.05) is 17.0 Å². The molecule has 2 aliphatic heterocycles. The van der Waals surface area contributed by atoms with Gasteiger partial charge in [-0.05, 0) is 48.7 Å². The minimum Gasteiger partial charge on any atom is -0.337 e. The largest absolute Gasteiger partial charge is 0.337 e. The van der Waals surface area contributed by atoms with Crippen molar-refractivity contribution in [1.29, 1.82) is 0 Å². The van der Waals surface area contributed by atoms with E-state index in [0.717, 1.165) is 31.4 Å². The Morgan fingerprint density at radius 1 is 1.17 bits per heavy atom. The molecule has 29 heavy (non-hydrogen) atoms. The summed E-state index contributed by atoms with van der Waals surface area (Å²) in [7, 11) is -2.13. The summed E-state index contributed by atoms with van der Waals surface area (Å²) < 4.78 is 29.6. The van der Waals surface area contributed by atoms with Gasteiger partial charge in [0.2, 0.25) is 0 Å². The number of carbonyl (C=O) groups is 1. The molecule has 0 saturated carbocycles. The van der Waals surface area contributed by atoms with Gasteiger partial charge in [0, 0.05) is 37.1 Å². The van der Waals surface area contributed by atoms with Crippen LogP contribution in [0.2, 0.25) is 5.02 Å². The quantitative estimate of drug-likeness (QED) is 0.733. The van der Waals surface area contributed by atoms with Gasteiger partial charge in [-0.25, -0.2) is 0 Å². The minimum atomic E-state index is -3.82. The molecule has 1 saturated heterocycles. The van der Waals surface area contributed by atoms with E-state index in [1.54, 1.807) is 36.2 Å². The van der Waals surface area contributed by atoms with Crippen molar-refractivity contribution in [1.82, 2.24) is 4.90 Å². The molecule has 1 fully saturated rings. The van der Waals surface area contributed by atoms with E-state index in [1.165, 1.54) is 6.07 Å². The first-order valence-electron chi connectivity index (χ1n) is 9.60. The molecule has 4 rings (SSSR count). The summed E-state index contributed by atoms with van der Waals surface area (Å²) in [6.07, 6.45) is 3.63. The number of benzene rings is 2. The Morgan fingerprint density at radius 3 is 2.79 bits per heavy atom. The van der Waals surface area contributed by atoms with Gasteiger partial charge in [-0.2, -0.15) is 8.42 Å². The number of hydrogen-bond donors (Lipinski definition) is 0. The summed E-state index contributed by atoms with van der Waals surface area (Å²) >= 11 is 6.02. The molecule has 0 bridgehead atoms. The monoisotopic (exact) mass is 431 g/mol. The average molecular weight is 432 g/mol. The van der Waals surface area contributed by atoms with Crippen LogP contribution in [0.1, 0.15) is 41.6 Å². The number of anilines is 1. The van der Waals surface area contributed by atoms with E-state index in [4.69, 9.17) is 11.6 Å². The standard InChI is InChI=1S/C21H22ClN3O3S/c1-24(14-15-6-5-7-17(22)12-15)21(26)16-9-10-18-19(13-16)29(27,28)23-20-8-3-2-4-11-25(18)20/h5-7,9-10,12-13H,2-4,8,11,14H2,1H3. The number of carbonyl (C=O) groups excluding carboxylic acids is 1. The average Bonchev–Trinajstić information content (AvgIpc) is 2.92. The molecule has 2 heterocycles. The van der Waals surface area contributed by atoms with Crippen molar-refractivity contribution in [2.45, 2.75) is 37.1 Å². The molecule has 2 aromatic rings. The number of sulfonamides is 1. The van der Waals surface area contributed by atoms with E-state index in [0.29, 0.717) is 35.1 Å². The van der Waals surface area contributed by atoms with Crippen LogP contribution < -0.4 is 4.90 Å². The fourth-order valence-electron chi connectivity index (χ4n) is 3.81. The van der Waals surface area contributed by atoms with Crippen molar-refractivity contribution in [3.63, 3.8) is 0 Å². The predicted octanol–water partition coefficient (Wildman–Crippen LogP) is 4.09. The number of halogens is 1. The summed E-state index contributed by atoms with van der Waals surface area (Å²) in [6.45, 7) is 1.11. The first-order valence-corrected chi connectivity index (χ1v) is 11.4. The van der Waals surface area contributed by atoms with Gasteiger partial charge in [0.25, 0.3) is 15.9 Å². The lowest BCUT2D eigenvalue weighted by atomic mass is 10.1. The molecule has 0 unspecified atom stereocenters. The Morgan fingerprint density at radius 2 is 2.00 bits per heavy atom. The maximum atomic E-state index is 12.9. The summed E-state index contributed by atoms with van der Waals surface area (Å²) in [5.41, 5.74) is 1.84. The van der Waals surface area contributed by atoms with Gasteiger partial charge in [-0.15, -0.1) is 4.40 Å². The lowest BCUT2D eigenvalue weighted by Gasteiger charge is -2.30. The highest BCUT2D eigenvalue weighted by Gasteiger charge is 2.32. The second-order valence-electron chi connectivity index (χ2n) is 7.42. The molecule has 0 spiro atoms. The fourth-order valence-corrected chi connectivity index (χ4v) is 5.31. The van der Waals surface area contributed by atoms with Gasteiger partial charge >= 0.3 is 0 Å².